The molecule has 4 fully saturated rings. The van der Waals surface area contributed by atoms with Crippen molar-refractivity contribution in [2.75, 3.05) is 6.61 Å². The normalized spacial score (nSPS) is 26.9. The lowest BCUT2D eigenvalue weighted by molar-refractivity contribution is -0.128. The number of aromatic amines is 1. The van der Waals surface area contributed by atoms with Crippen LogP contribution in [-0.4, -0.2) is 45.0 Å². The predicted octanol–water partition coefficient (Wildman–Crippen LogP) is 4.99. The van der Waals surface area contributed by atoms with Crippen LogP contribution in [0.1, 0.15) is 56.2 Å². The van der Waals surface area contributed by atoms with Gasteiger partial charge in [-0.3, -0.25) is 9.32 Å². The summed E-state index contributed by atoms with van der Waals surface area (Å²) >= 11 is 0. The van der Waals surface area contributed by atoms with Crippen molar-refractivity contribution in [2.24, 2.45) is 23.7 Å². The summed E-state index contributed by atoms with van der Waals surface area (Å²) in [5.41, 5.74) is 0.887. The lowest BCUT2D eigenvalue weighted by Crippen LogP contribution is -2.60. The minimum absolute atomic E-state index is 0.146. The highest BCUT2D eigenvalue weighted by atomic mass is 31.2. The van der Waals surface area contributed by atoms with Crippen LogP contribution in [0, 0.1) is 23.7 Å². The molecule has 42 heavy (non-hydrogen) atoms. The van der Waals surface area contributed by atoms with Crippen molar-refractivity contribution in [3.05, 3.63) is 71.9 Å². The van der Waals surface area contributed by atoms with E-state index in [-0.39, 0.29) is 12.5 Å². The molecule has 4 bridgehead atoms. The monoisotopic (exact) mass is 595 g/mol. The van der Waals surface area contributed by atoms with E-state index < -0.39 is 38.0 Å². The first-order valence-corrected chi connectivity index (χ1v) is 16.2. The van der Waals surface area contributed by atoms with Crippen LogP contribution in [0.5, 0.6) is 0 Å². The molecule has 4 aliphatic carbocycles. The van der Waals surface area contributed by atoms with E-state index in [4.69, 9.17) is 9.26 Å². The smallest absolute Gasteiger partial charge is 0.446 e. The first-order chi connectivity index (χ1) is 20.1. The number of carbonyl (C=O) groups excluding carboxylic acids is 2. The van der Waals surface area contributed by atoms with Crippen LogP contribution in [0.4, 0.5) is 4.79 Å². The van der Waals surface area contributed by atoms with Crippen molar-refractivity contribution < 1.29 is 33.2 Å². The Morgan fingerprint density at radius 3 is 2.31 bits per heavy atom. The molecular formula is C31H38N3O7P. The highest BCUT2D eigenvalue weighted by Gasteiger charge is 2.50. The number of nitrogens with one attached hydrogen (secondary N) is 3. The van der Waals surface area contributed by atoms with E-state index in [0.717, 1.165) is 54.0 Å². The maximum absolute atomic E-state index is 14.1. The van der Waals surface area contributed by atoms with Gasteiger partial charge in [-0.05, 0) is 79.9 Å². The van der Waals surface area contributed by atoms with Gasteiger partial charge in [0.2, 0.25) is 5.91 Å². The molecular weight excluding hydrogens is 557 g/mol. The van der Waals surface area contributed by atoms with E-state index in [9.17, 15) is 23.9 Å². The topological polar surface area (TPSA) is 150 Å². The summed E-state index contributed by atoms with van der Waals surface area (Å²) in [6, 6.07) is 15.6. The number of phosphoric ester groups is 1. The summed E-state index contributed by atoms with van der Waals surface area (Å²) in [4.78, 5) is 49.5. The van der Waals surface area contributed by atoms with Gasteiger partial charge in [0.15, 0.2) is 0 Å². The Bertz CT molecular complexity index is 1460. The molecule has 2 atom stereocenters. The Hall–Kier alpha value is -3.17. The molecule has 1 heterocycles. The number of ether oxygens (including phenoxy) is 1. The molecule has 2 aromatic carbocycles. The first-order valence-electron chi connectivity index (χ1n) is 14.7. The Morgan fingerprint density at radius 1 is 1.00 bits per heavy atom. The molecule has 0 aliphatic heterocycles. The third kappa shape index (κ3) is 6.27. The standard InChI is InChI=1S/C31H38N3O7P/c1-31(16-24-17-32-26-10-6-5-9-25(24)26,29(35)33-27(18-40-42(37,38)39)21-7-3-2-4-8-21)34-30(36)41-28-22-12-19-11-20(14-22)15-23(28)13-19/h2-10,17,19-20,22-23,27-28,32H,11-16,18H2,1H3,(H,33,35)(H,34,36)(H2,37,38,39)/t19?,20?,22?,23?,27-,28?,31+/m0/s1. The number of amides is 2. The second kappa shape index (κ2) is 11.5. The Morgan fingerprint density at radius 2 is 1.64 bits per heavy atom. The highest BCUT2D eigenvalue weighted by Crippen LogP contribution is 2.54. The largest absolute Gasteiger partial charge is 0.469 e. The van der Waals surface area contributed by atoms with Crippen molar-refractivity contribution >= 4 is 30.7 Å². The number of phosphoric acid groups is 1. The number of hydrogen-bond acceptors (Lipinski definition) is 5. The zero-order chi connectivity index (χ0) is 29.5. The van der Waals surface area contributed by atoms with Gasteiger partial charge in [-0.15, -0.1) is 0 Å². The van der Waals surface area contributed by atoms with Crippen molar-refractivity contribution in [1.29, 1.82) is 0 Å². The number of H-pyrrole nitrogens is 1. The van der Waals surface area contributed by atoms with Gasteiger partial charge in [0, 0.05) is 23.5 Å². The van der Waals surface area contributed by atoms with Crippen LogP contribution in [-0.2, 0) is 25.0 Å². The summed E-state index contributed by atoms with van der Waals surface area (Å²) in [5, 5.41) is 6.71. The molecule has 10 nitrogen and oxygen atoms in total. The lowest BCUT2D eigenvalue weighted by Gasteiger charge is -2.53. The molecule has 2 amide bonds. The second-order valence-corrected chi connectivity index (χ2v) is 13.8. The fourth-order valence-corrected chi connectivity index (χ4v) is 8.02. The van der Waals surface area contributed by atoms with E-state index in [1.54, 1.807) is 37.3 Å². The first kappa shape index (κ1) is 28.9. The number of aromatic nitrogens is 1. The van der Waals surface area contributed by atoms with Gasteiger partial charge < -0.3 is 30.1 Å². The zero-order valence-electron chi connectivity index (χ0n) is 23.6. The molecule has 3 aromatic rings. The maximum atomic E-state index is 14.1. The van der Waals surface area contributed by atoms with E-state index >= 15 is 0 Å². The lowest BCUT2D eigenvalue weighted by atomic mass is 9.55. The minimum Gasteiger partial charge on any atom is -0.446 e. The van der Waals surface area contributed by atoms with Crippen LogP contribution in [0.2, 0.25) is 0 Å². The van der Waals surface area contributed by atoms with Crippen molar-refractivity contribution in [2.45, 2.75) is 63.1 Å². The molecule has 4 saturated carbocycles. The van der Waals surface area contributed by atoms with Gasteiger partial charge in [0.1, 0.15) is 11.6 Å². The zero-order valence-corrected chi connectivity index (χ0v) is 24.5. The Balaban J connectivity index is 1.24. The average Bonchev–Trinajstić information content (AvgIpc) is 3.34. The molecule has 7 rings (SSSR count). The SMILES string of the molecule is C[C@](Cc1c[nH]c2ccccc12)(NC(=O)OC1C2CC3CC(C2)CC1C3)C(=O)N[C@@H](COP(=O)(O)O)c1ccccc1. The van der Waals surface area contributed by atoms with Gasteiger partial charge in [-0.25, -0.2) is 9.36 Å². The van der Waals surface area contributed by atoms with Gasteiger partial charge in [-0.2, -0.15) is 0 Å². The average molecular weight is 596 g/mol. The third-order valence-corrected chi connectivity index (χ3v) is 9.88. The van der Waals surface area contributed by atoms with Crippen LogP contribution in [0.15, 0.2) is 60.8 Å². The fraction of sp³-hybridized carbons (Fsp3) is 0.484. The summed E-state index contributed by atoms with van der Waals surface area (Å²) in [6.45, 7) is 1.19. The summed E-state index contributed by atoms with van der Waals surface area (Å²) < 4.78 is 22.4. The quantitative estimate of drug-likeness (QED) is 0.207. The summed E-state index contributed by atoms with van der Waals surface area (Å²) in [5.74, 6) is 1.68. The molecule has 224 valence electrons. The molecule has 5 N–H and O–H groups in total. The van der Waals surface area contributed by atoms with Crippen molar-refractivity contribution in [3.8, 4) is 0 Å². The number of rotatable bonds is 10. The van der Waals surface area contributed by atoms with Gasteiger partial charge in [0.05, 0.1) is 12.6 Å². The molecule has 0 radical (unpaired) electrons. The van der Waals surface area contributed by atoms with Crippen molar-refractivity contribution in [1.82, 2.24) is 15.6 Å². The van der Waals surface area contributed by atoms with Crippen molar-refractivity contribution in [3.63, 3.8) is 0 Å². The maximum Gasteiger partial charge on any atom is 0.469 e. The third-order valence-electron chi connectivity index (χ3n) is 9.40. The van der Waals surface area contributed by atoms with E-state index in [1.807, 2.05) is 30.5 Å². The Kier molecular flexibility index (Phi) is 7.91. The van der Waals surface area contributed by atoms with E-state index in [2.05, 4.69) is 15.6 Å². The van der Waals surface area contributed by atoms with Crippen LogP contribution in [0.3, 0.4) is 0 Å². The number of para-hydroxylation sites is 1. The predicted molar refractivity (Wildman–Crippen MR) is 156 cm³/mol. The number of benzene rings is 2. The van der Waals surface area contributed by atoms with Crippen LogP contribution < -0.4 is 10.6 Å². The number of hydrogen-bond donors (Lipinski definition) is 5. The molecule has 1 aromatic heterocycles. The van der Waals surface area contributed by atoms with Crippen LogP contribution in [0.25, 0.3) is 10.9 Å². The number of alkyl carbamates (subject to hydrolysis) is 1. The van der Waals surface area contributed by atoms with Gasteiger partial charge in [-0.1, -0.05) is 48.5 Å². The molecule has 0 saturated heterocycles. The van der Waals surface area contributed by atoms with Gasteiger partial charge in [0.25, 0.3) is 0 Å². The minimum atomic E-state index is -4.80. The molecule has 11 heteroatoms. The molecule has 0 spiro atoms. The number of fused-ring (bicyclic) bond motifs is 1. The molecule has 0 unspecified atom stereocenters. The van der Waals surface area contributed by atoms with Gasteiger partial charge >= 0.3 is 13.9 Å². The van der Waals surface area contributed by atoms with E-state index in [1.165, 1.54) is 6.42 Å². The highest BCUT2D eigenvalue weighted by molar-refractivity contribution is 7.46. The van der Waals surface area contributed by atoms with E-state index in [0.29, 0.717) is 17.4 Å². The fourth-order valence-electron chi connectivity index (χ4n) is 7.68. The van der Waals surface area contributed by atoms with Crippen LogP contribution >= 0.6 is 7.82 Å². The summed E-state index contributed by atoms with van der Waals surface area (Å²) in [7, 11) is -4.80. The Labute approximate surface area is 244 Å². The summed E-state index contributed by atoms with van der Waals surface area (Å²) in [6.07, 6.45) is 6.87. The second-order valence-electron chi connectivity index (χ2n) is 12.5. The number of carbonyl (C=O) groups is 2. The molecule has 4 aliphatic rings.